The van der Waals surface area contributed by atoms with Gasteiger partial charge in [-0.3, -0.25) is 0 Å². The quantitative estimate of drug-likeness (QED) is 0.139. The van der Waals surface area contributed by atoms with E-state index in [4.69, 9.17) is 40.9 Å². The molecule has 1 aliphatic rings. The second-order valence-electron chi connectivity index (χ2n) is 6.59. The van der Waals surface area contributed by atoms with Crippen molar-refractivity contribution in [3.8, 4) is 0 Å². The van der Waals surface area contributed by atoms with Gasteiger partial charge in [0.15, 0.2) is 18.0 Å². The number of aliphatic hydroxyl groups excluding tert-OH is 7. The SMILES string of the molecule is C[N+](C)(C)CCO.O=C([O-])C(O)C(O)C(=O)O.O=C1O[C@H]([C@@H](O)CO)C(O)=C1O. The Labute approximate surface area is 165 Å². The van der Waals surface area contributed by atoms with E-state index < -0.39 is 60.4 Å². The van der Waals surface area contributed by atoms with Crippen molar-refractivity contribution in [1.29, 1.82) is 0 Å². The van der Waals surface area contributed by atoms with Crippen molar-refractivity contribution in [1.82, 2.24) is 0 Å². The van der Waals surface area contributed by atoms with Gasteiger partial charge in [-0.25, -0.2) is 9.59 Å². The van der Waals surface area contributed by atoms with Crippen LogP contribution >= 0.6 is 0 Å². The number of carbonyl (C=O) groups is 3. The molecule has 14 heteroatoms. The van der Waals surface area contributed by atoms with Gasteiger partial charge >= 0.3 is 11.9 Å². The maximum Gasteiger partial charge on any atom is 0.377 e. The van der Waals surface area contributed by atoms with Gasteiger partial charge in [0.05, 0.1) is 40.3 Å². The van der Waals surface area contributed by atoms with Gasteiger partial charge in [-0.2, -0.15) is 0 Å². The van der Waals surface area contributed by atoms with Gasteiger partial charge in [-0.15, -0.1) is 0 Å². The third kappa shape index (κ3) is 11.2. The van der Waals surface area contributed by atoms with Crippen LogP contribution in [0.5, 0.6) is 0 Å². The van der Waals surface area contributed by atoms with Crippen LogP contribution in [0.4, 0.5) is 0 Å². The number of rotatable bonds is 7. The zero-order chi connectivity index (χ0) is 23.5. The highest BCUT2D eigenvalue weighted by atomic mass is 16.6. The molecule has 0 fully saturated rings. The predicted molar refractivity (Wildman–Crippen MR) is 89.9 cm³/mol. The Morgan fingerprint density at radius 3 is 1.76 bits per heavy atom. The normalized spacial score (nSPS) is 19.0. The summed E-state index contributed by atoms with van der Waals surface area (Å²) in [5, 5.41) is 77.6. The summed E-state index contributed by atoms with van der Waals surface area (Å²) in [7, 11) is 6.16. The van der Waals surface area contributed by atoms with Crippen molar-refractivity contribution in [2.75, 3.05) is 40.9 Å². The zero-order valence-electron chi connectivity index (χ0n) is 16.0. The first kappa shape index (κ1) is 28.7. The molecule has 0 aromatic carbocycles. The molecular formula is C15H27NO13. The number of hydrogen-bond acceptors (Lipinski definition) is 12. The largest absolute Gasteiger partial charge is 0.547 e. The lowest BCUT2D eigenvalue weighted by molar-refractivity contribution is -0.870. The Balaban J connectivity index is 0. The summed E-state index contributed by atoms with van der Waals surface area (Å²) in [5.41, 5.74) is 0. The van der Waals surface area contributed by atoms with Gasteiger partial charge in [-0.1, -0.05) is 0 Å². The molecule has 0 spiro atoms. The molecule has 29 heavy (non-hydrogen) atoms. The molecule has 0 aliphatic carbocycles. The number of esters is 1. The van der Waals surface area contributed by atoms with E-state index >= 15 is 0 Å². The van der Waals surface area contributed by atoms with Crippen LogP contribution in [-0.2, 0) is 19.1 Å². The molecule has 0 aromatic rings. The molecule has 0 saturated heterocycles. The molecule has 0 saturated carbocycles. The standard InChI is InChI=1S/C6H8O6.C5H14NO.C4H6O6/c7-1-2(8)5-3(9)4(10)6(11)12-5;1-6(2,3)4-5-7;5-1(3(7)8)2(6)4(9)10/h2,5,7-10H,1H2;7H,4-5H2,1-3H3;1-2,5-6H,(H,7,8)(H,9,10)/q;+1;/p-1/t2-,5+;;/m0../s1. The number of nitrogens with zero attached hydrogens (tertiary/aromatic N) is 1. The lowest BCUT2D eigenvalue weighted by Gasteiger charge is -2.21. The van der Waals surface area contributed by atoms with Gasteiger partial charge in [0.2, 0.25) is 5.76 Å². The van der Waals surface area contributed by atoms with E-state index in [2.05, 4.69) is 25.9 Å². The van der Waals surface area contributed by atoms with E-state index in [1.165, 1.54) is 0 Å². The second kappa shape index (κ2) is 12.9. The zero-order valence-corrected chi connectivity index (χ0v) is 16.0. The number of carboxylic acid groups (broad SMARTS) is 2. The van der Waals surface area contributed by atoms with Crippen molar-refractivity contribution in [3.63, 3.8) is 0 Å². The molecule has 2 unspecified atom stereocenters. The average molecular weight is 429 g/mol. The van der Waals surface area contributed by atoms with Crippen molar-refractivity contribution in [2.45, 2.75) is 24.4 Å². The third-order valence-electron chi connectivity index (χ3n) is 3.04. The van der Waals surface area contributed by atoms with Crippen LogP contribution in [0.2, 0.25) is 0 Å². The first-order valence-electron chi connectivity index (χ1n) is 7.93. The maximum absolute atomic E-state index is 10.5. The average Bonchev–Trinajstić information content (AvgIpc) is 2.87. The van der Waals surface area contributed by atoms with Crippen molar-refractivity contribution < 1.29 is 69.6 Å². The first-order valence-corrected chi connectivity index (χ1v) is 7.93. The molecule has 0 aromatic heterocycles. The third-order valence-corrected chi connectivity index (χ3v) is 3.04. The minimum absolute atomic E-state index is 0.281. The number of aliphatic hydroxyl groups is 7. The molecule has 0 radical (unpaired) electrons. The van der Waals surface area contributed by atoms with E-state index in [0.29, 0.717) is 0 Å². The van der Waals surface area contributed by atoms with Crippen LogP contribution in [0.3, 0.4) is 0 Å². The van der Waals surface area contributed by atoms with E-state index in [1.807, 2.05) is 0 Å². The summed E-state index contributed by atoms with van der Waals surface area (Å²) in [6, 6.07) is 0. The van der Waals surface area contributed by atoms with Gasteiger partial charge in [0.1, 0.15) is 18.8 Å². The minimum atomic E-state index is -2.38. The summed E-state index contributed by atoms with van der Waals surface area (Å²) in [4.78, 5) is 29.9. The highest BCUT2D eigenvalue weighted by molar-refractivity contribution is 5.89. The number of cyclic esters (lactones) is 1. The molecule has 0 bridgehead atoms. The molecular weight excluding hydrogens is 402 g/mol. The Hall–Kier alpha value is -2.49. The summed E-state index contributed by atoms with van der Waals surface area (Å²) in [5.74, 6) is -6.61. The fraction of sp³-hybridized carbons (Fsp3) is 0.667. The monoisotopic (exact) mass is 429 g/mol. The summed E-state index contributed by atoms with van der Waals surface area (Å²) >= 11 is 0. The summed E-state index contributed by atoms with van der Waals surface area (Å²) in [6.45, 7) is 0.443. The second-order valence-corrected chi connectivity index (χ2v) is 6.59. The van der Waals surface area contributed by atoms with Crippen molar-refractivity contribution in [3.05, 3.63) is 11.5 Å². The lowest BCUT2D eigenvalue weighted by Crippen LogP contribution is -2.46. The highest BCUT2D eigenvalue weighted by Crippen LogP contribution is 2.20. The molecule has 4 atom stereocenters. The van der Waals surface area contributed by atoms with Crippen molar-refractivity contribution >= 4 is 17.9 Å². The molecule has 1 rings (SSSR count). The molecule has 0 amide bonds. The number of quaternary nitrogens is 1. The number of hydrogen-bond donors (Lipinski definition) is 8. The fourth-order valence-corrected chi connectivity index (χ4v) is 1.39. The molecule has 170 valence electrons. The van der Waals surface area contributed by atoms with Crippen LogP contribution in [0.1, 0.15) is 0 Å². The maximum atomic E-state index is 10.5. The van der Waals surface area contributed by atoms with Crippen LogP contribution in [0, 0.1) is 0 Å². The highest BCUT2D eigenvalue weighted by Gasteiger charge is 2.38. The van der Waals surface area contributed by atoms with Gasteiger partial charge < -0.3 is 60.0 Å². The van der Waals surface area contributed by atoms with Gasteiger partial charge in [0.25, 0.3) is 0 Å². The van der Waals surface area contributed by atoms with Gasteiger partial charge in [-0.05, 0) is 0 Å². The summed E-state index contributed by atoms with van der Waals surface area (Å²) < 4.78 is 5.16. The number of carboxylic acids is 2. The molecule has 1 aliphatic heterocycles. The Bertz CT molecular complexity index is 565. The number of aliphatic carboxylic acids is 2. The van der Waals surface area contributed by atoms with Crippen LogP contribution in [0.15, 0.2) is 11.5 Å². The molecule has 8 N–H and O–H groups in total. The van der Waals surface area contributed by atoms with Crippen LogP contribution in [0.25, 0.3) is 0 Å². The fourth-order valence-electron chi connectivity index (χ4n) is 1.39. The predicted octanol–water partition coefficient (Wildman–Crippen LogP) is -5.18. The lowest BCUT2D eigenvalue weighted by atomic mass is 10.2. The van der Waals surface area contributed by atoms with E-state index in [1.54, 1.807) is 0 Å². The Kier molecular flexibility index (Phi) is 12.7. The van der Waals surface area contributed by atoms with E-state index in [0.717, 1.165) is 11.0 Å². The Morgan fingerprint density at radius 1 is 1.10 bits per heavy atom. The molecule has 1 heterocycles. The minimum Gasteiger partial charge on any atom is -0.547 e. The van der Waals surface area contributed by atoms with E-state index in [-0.39, 0.29) is 6.61 Å². The number of ether oxygens (including phenoxy) is 1. The Morgan fingerprint density at radius 2 is 1.59 bits per heavy atom. The van der Waals surface area contributed by atoms with Crippen LogP contribution < -0.4 is 5.11 Å². The van der Waals surface area contributed by atoms with Crippen LogP contribution in [-0.4, -0.2) is 129 Å². The smallest absolute Gasteiger partial charge is 0.377 e. The molecule has 14 nitrogen and oxygen atoms in total. The van der Waals surface area contributed by atoms with Gasteiger partial charge in [0, 0.05) is 0 Å². The van der Waals surface area contributed by atoms with E-state index in [9.17, 15) is 19.5 Å². The topological polar surface area (TPSA) is 245 Å². The number of carbonyl (C=O) groups excluding carboxylic acids is 2. The first-order chi connectivity index (χ1) is 13.1. The number of likely N-dealkylation sites (N-methyl/N-ethyl adjacent to an activating group) is 1. The van der Waals surface area contributed by atoms with Crippen molar-refractivity contribution in [2.24, 2.45) is 0 Å². The summed E-state index contributed by atoms with van der Waals surface area (Å²) in [6.07, 6.45) is -7.48.